The molecule has 0 aromatic heterocycles. The van der Waals surface area contributed by atoms with Gasteiger partial charge in [0.15, 0.2) is 6.73 Å². The lowest BCUT2D eigenvalue weighted by Gasteiger charge is -2.10. The van der Waals surface area contributed by atoms with Gasteiger partial charge >= 0.3 is 12.1 Å². The van der Waals surface area contributed by atoms with Gasteiger partial charge in [0.25, 0.3) is 5.69 Å². The van der Waals surface area contributed by atoms with E-state index in [2.05, 4.69) is 9.84 Å². The average molecular weight is 261 g/mol. The number of hydrazone groups is 1. The lowest BCUT2D eigenvalue weighted by molar-refractivity contribution is -0.384. The minimum absolute atomic E-state index is 0.156. The number of benzene rings is 1. The fraction of sp³-hybridized carbons (Fsp3) is 0.222. The molecule has 6 nitrogen and oxygen atoms in total. The van der Waals surface area contributed by atoms with Gasteiger partial charge in [0, 0.05) is 12.1 Å². The fourth-order valence-corrected chi connectivity index (χ4v) is 1.33. The van der Waals surface area contributed by atoms with E-state index in [1.54, 1.807) is 0 Å². The number of rotatable bonds is 2. The molecule has 0 unspecified atom stereocenters. The summed E-state index contributed by atoms with van der Waals surface area (Å²) in [6.45, 7) is -0.435. The van der Waals surface area contributed by atoms with Gasteiger partial charge in [-0.15, -0.1) is 5.10 Å². The van der Waals surface area contributed by atoms with E-state index in [9.17, 15) is 23.3 Å². The van der Waals surface area contributed by atoms with Crippen molar-refractivity contribution >= 4 is 17.3 Å². The van der Waals surface area contributed by atoms with Gasteiger partial charge in [-0.05, 0) is 6.07 Å². The second kappa shape index (κ2) is 4.17. The zero-order valence-corrected chi connectivity index (χ0v) is 8.72. The smallest absolute Gasteiger partial charge is 0.450 e. The van der Waals surface area contributed by atoms with Crippen LogP contribution in [-0.4, -0.2) is 23.7 Å². The summed E-state index contributed by atoms with van der Waals surface area (Å²) in [5.41, 5.74) is -0.0772. The van der Waals surface area contributed by atoms with Gasteiger partial charge < -0.3 is 4.74 Å². The predicted molar refractivity (Wildman–Crippen MR) is 55.0 cm³/mol. The van der Waals surface area contributed by atoms with E-state index in [0.717, 1.165) is 11.1 Å². The Balaban J connectivity index is 2.26. The van der Waals surface area contributed by atoms with Gasteiger partial charge in [0.1, 0.15) is 0 Å². The van der Waals surface area contributed by atoms with Crippen LogP contribution < -0.4 is 5.01 Å². The van der Waals surface area contributed by atoms with E-state index in [1.165, 1.54) is 18.2 Å². The highest BCUT2D eigenvalue weighted by Crippen LogP contribution is 2.27. The zero-order chi connectivity index (χ0) is 13.3. The van der Waals surface area contributed by atoms with E-state index in [-0.39, 0.29) is 11.4 Å². The van der Waals surface area contributed by atoms with E-state index in [0.29, 0.717) is 0 Å². The van der Waals surface area contributed by atoms with Crippen molar-refractivity contribution < 1.29 is 22.8 Å². The maximum atomic E-state index is 12.3. The number of hydrogen-bond acceptors (Lipinski definition) is 5. The van der Waals surface area contributed by atoms with Crippen LogP contribution >= 0.6 is 0 Å². The highest BCUT2D eigenvalue weighted by atomic mass is 19.4. The Kier molecular flexibility index (Phi) is 2.81. The molecule has 0 spiro atoms. The summed E-state index contributed by atoms with van der Waals surface area (Å²) in [6.07, 6.45) is -4.67. The topological polar surface area (TPSA) is 68.0 Å². The van der Waals surface area contributed by atoms with Gasteiger partial charge in [-0.1, -0.05) is 6.07 Å². The summed E-state index contributed by atoms with van der Waals surface area (Å²) in [5.74, 6) is -1.37. The molecule has 1 aliphatic rings. The molecule has 0 atom stereocenters. The first-order valence-corrected chi connectivity index (χ1v) is 4.68. The SMILES string of the molecule is O=[N+]([O-])c1cccc(N2COC(C(F)(F)F)=N2)c1. The zero-order valence-electron chi connectivity index (χ0n) is 8.72. The molecule has 0 aliphatic carbocycles. The second-order valence-electron chi connectivity index (χ2n) is 3.35. The molecule has 18 heavy (non-hydrogen) atoms. The van der Waals surface area contributed by atoms with Crippen molar-refractivity contribution in [3.8, 4) is 0 Å². The Bertz CT molecular complexity index is 515. The summed E-state index contributed by atoms with van der Waals surface area (Å²) >= 11 is 0. The van der Waals surface area contributed by atoms with Gasteiger partial charge in [-0.3, -0.25) is 10.1 Å². The molecule has 0 amide bonds. The number of ether oxygens (including phenoxy) is 1. The number of nitro benzene ring substituents is 1. The van der Waals surface area contributed by atoms with Crippen LogP contribution in [-0.2, 0) is 4.74 Å². The lowest BCUT2D eigenvalue weighted by atomic mass is 10.3. The molecule has 0 bridgehead atoms. The van der Waals surface area contributed by atoms with Crippen molar-refractivity contribution in [2.75, 3.05) is 11.7 Å². The minimum Gasteiger partial charge on any atom is -0.450 e. The maximum absolute atomic E-state index is 12.3. The molecule has 0 fully saturated rings. The summed E-state index contributed by atoms with van der Waals surface area (Å²) in [4.78, 5) is 9.89. The molecular formula is C9H6F3N3O3. The van der Waals surface area contributed by atoms with E-state index in [4.69, 9.17) is 0 Å². The van der Waals surface area contributed by atoms with Crippen LogP contribution in [0.15, 0.2) is 29.4 Å². The number of nitrogens with zero attached hydrogens (tertiary/aromatic N) is 3. The average Bonchev–Trinajstić information content (AvgIpc) is 2.78. The largest absolute Gasteiger partial charge is 0.470 e. The molecule has 2 rings (SSSR count). The molecule has 9 heteroatoms. The second-order valence-corrected chi connectivity index (χ2v) is 3.35. The third-order valence-corrected chi connectivity index (χ3v) is 2.12. The molecule has 0 saturated heterocycles. The monoisotopic (exact) mass is 261 g/mol. The molecule has 0 N–H and O–H groups in total. The number of halogens is 3. The van der Waals surface area contributed by atoms with E-state index < -0.39 is 23.7 Å². The molecule has 1 aliphatic heterocycles. The third-order valence-electron chi connectivity index (χ3n) is 2.12. The molecule has 1 aromatic carbocycles. The van der Waals surface area contributed by atoms with Crippen molar-refractivity contribution in [3.05, 3.63) is 34.4 Å². The van der Waals surface area contributed by atoms with Gasteiger partial charge in [-0.2, -0.15) is 13.2 Å². The summed E-state index contributed by atoms with van der Waals surface area (Å²) in [5, 5.41) is 14.6. The number of hydrogen-bond donors (Lipinski definition) is 0. The van der Waals surface area contributed by atoms with Crippen LogP contribution in [0, 0.1) is 10.1 Å². The first-order chi connectivity index (χ1) is 8.38. The Morgan fingerprint density at radius 2 is 2.17 bits per heavy atom. The standard InChI is InChI=1S/C9H6F3N3O3/c10-9(11,12)8-13-14(5-18-8)6-2-1-3-7(4-6)15(16)17/h1-4H,5H2. The normalized spacial score (nSPS) is 15.3. The molecular weight excluding hydrogens is 255 g/mol. The molecule has 1 aromatic rings. The quantitative estimate of drug-likeness (QED) is 0.605. The Hall–Kier alpha value is -2.32. The van der Waals surface area contributed by atoms with Gasteiger partial charge in [0.05, 0.1) is 10.6 Å². The van der Waals surface area contributed by atoms with Crippen LogP contribution in [0.1, 0.15) is 0 Å². The number of nitro groups is 1. The summed E-state index contributed by atoms with van der Waals surface area (Å²) in [6, 6.07) is 5.11. The first kappa shape index (κ1) is 12.1. The number of alkyl halides is 3. The Morgan fingerprint density at radius 3 is 2.72 bits per heavy atom. The van der Waals surface area contributed by atoms with Crippen LogP contribution in [0.25, 0.3) is 0 Å². The van der Waals surface area contributed by atoms with Gasteiger partial charge in [0.2, 0.25) is 0 Å². The van der Waals surface area contributed by atoms with Gasteiger partial charge in [-0.25, -0.2) is 5.01 Å². The first-order valence-electron chi connectivity index (χ1n) is 4.68. The van der Waals surface area contributed by atoms with E-state index in [1.807, 2.05) is 0 Å². The fourth-order valence-electron chi connectivity index (χ4n) is 1.33. The van der Waals surface area contributed by atoms with Crippen molar-refractivity contribution in [1.29, 1.82) is 0 Å². The summed E-state index contributed by atoms with van der Waals surface area (Å²) in [7, 11) is 0. The maximum Gasteiger partial charge on any atom is 0.470 e. The molecule has 1 heterocycles. The molecule has 0 saturated carbocycles. The van der Waals surface area contributed by atoms with Crippen molar-refractivity contribution in [2.24, 2.45) is 5.10 Å². The molecule has 0 radical (unpaired) electrons. The van der Waals surface area contributed by atoms with Crippen molar-refractivity contribution in [1.82, 2.24) is 0 Å². The van der Waals surface area contributed by atoms with Crippen molar-refractivity contribution in [3.63, 3.8) is 0 Å². The Labute approximate surface area is 98.4 Å². The van der Waals surface area contributed by atoms with Crippen LogP contribution in [0.5, 0.6) is 0 Å². The number of non-ortho nitro benzene ring substituents is 1. The van der Waals surface area contributed by atoms with Crippen LogP contribution in [0.4, 0.5) is 24.5 Å². The number of anilines is 1. The van der Waals surface area contributed by atoms with Crippen LogP contribution in [0.3, 0.4) is 0 Å². The highest BCUT2D eigenvalue weighted by molar-refractivity contribution is 5.84. The minimum atomic E-state index is -4.67. The Morgan fingerprint density at radius 1 is 1.44 bits per heavy atom. The van der Waals surface area contributed by atoms with Crippen LogP contribution in [0.2, 0.25) is 0 Å². The highest BCUT2D eigenvalue weighted by Gasteiger charge is 2.42. The van der Waals surface area contributed by atoms with E-state index >= 15 is 0 Å². The summed E-state index contributed by atoms with van der Waals surface area (Å²) < 4.78 is 41.2. The van der Waals surface area contributed by atoms with Crippen molar-refractivity contribution in [2.45, 2.75) is 6.18 Å². The lowest BCUT2D eigenvalue weighted by Crippen LogP contribution is -2.22. The third kappa shape index (κ3) is 2.34. The predicted octanol–water partition coefficient (Wildman–Crippen LogP) is 2.26. The molecule has 96 valence electrons.